The van der Waals surface area contributed by atoms with Crippen LogP contribution < -0.4 is 4.74 Å². The van der Waals surface area contributed by atoms with Crippen molar-refractivity contribution in [3.05, 3.63) is 66.2 Å². The zero-order valence-corrected chi connectivity index (χ0v) is 15.8. The van der Waals surface area contributed by atoms with Crippen LogP contribution in [0.2, 0.25) is 0 Å². The quantitative estimate of drug-likeness (QED) is 0.484. The normalized spacial score (nSPS) is 11.4. The lowest BCUT2D eigenvalue weighted by atomic mass is 10.2. The predicted octanol–water partition coefficient (Wildman–Crippen LogP) is 3.76. The first-order chi connectivity index (χ1) is 13.7. The monoisotopic (exact) mass is 370 g/mol. The average molecular weight is 370 g/mol. The van der Waals surface area contributed by atoms with Gasteiger partial charge in [0.15, 0.2) is 11.3 Å². The fourth-order valence-corrected chi connectivity index (χ4v) is 3.57. The van der Waals surface area contributed by atoms with Gasteiger partial charge in [0.05, 0.1) is 18.2 Å². The number of fused-ring (bicyclic) bond motifs is 3. The summed E-state index contributed by atoms with van der Waals surface area (Å²) in [7, 11) is 1.68. The molecule has 0 atom stereocenters. The number of rotatable bonds is 3. The van der Waals surface area contributed by atoms with E-state index in [1.165, 1.54) is 0 Å². The summed E-state index contributed by atoms with van der Waals surface area (Å²) in [5.41, 5.74) is 5.47. The Bertz CT molecular complexity index is 1320. The van der Waals surface area contributed by atoms with Crippen LogP contribution in [0.5, 0.6) is 5.75 Å². The molecule has 0 fully saturated rings. The van der Waals surface area contributed by atoms with Crippen molar-refractivity contribution < 1.29 is 4.74 Å². The number of hydrogen-bond donors (Lipinski definition) is 0. The van der Waals surface area contributed by atoms with Gasteiger partial charge in [0, 0.05) is 11.9 Å². The van der Waals surface area contributed by atoms with E-state index in [1.807, 2.05) is 42.5 Å². The van der Waals surface area contributed by atoms with E-state index < -0.39 is 0 Å². The van der Waals surface area contributed by atoms with Gasteiger partial charge >= 0.3 is 0 Å². The molecule has 0 radical (unpaired) electrons. The van der Waals surface area contributed by atoms with Crippen molar-refractivity contribution in [2.75, 3.05) is 7.11 Å². The Morgan fingerprint density at radius 1 is 0.929 bits per heavy atom. The van der Waals surface area contributed by atoms with Gasteiger partial charge in [0.25, 0.3) is 0 Å². The molecule has 28 heavy (non-hydrogen) atoms. The van der Waals surface area contributed by atoms with Crippen molar-refractivity contribution in [3.63, 3.8) is 0 Å². The third-order valence-electron chi connectivity index (χ3n) is 5.05. The van der Waals surface area contributed by atoms with E-state index in [1.54, 1.807) is 24.1 Å². The van der Waals surface area contributed by atoms with E-state index in [0.29, 0.717) is 5.82 Å². The van der Waals surface area contributed by atoms with Crippen LogP contribution in [-0.2, 0) is 0 Å². The first-order valence-electron chi connectivity index (χ1n) is 8.97. The summed E-state index contributed by atoms with van der Waals surface area (Å²) in [6, 6.07) is 13.6. The standard InChI is InChI=1S/C21H18N6O/c1-13-14(2)27(16-9-4-5-10-17(16)28-3)20-18(13)21-24-19(25-26(21)12-23-20)15-8-6-7-11-22-15/h4-12H,1-3H3. The Hall–Kier alpha value is -3.74. The molecule has 5 rings (SSSR count). The summed E-state index contributed by atoms with van der Waals surface area (Å²) in [5.74, 6) is 1.37. The molecule has 0 aliphatic rings. The largest absolute Gasteiger partial charge is 0.495 e. The van der Waals surface area contributed by atoms with Gasteiger partial charge in [-0.05, 0) is 43.7 Å². The van der Waals surface area contributed by atoms with E-state index in [4.69, 9.17) is 14.7 Å². The van der Waals surface area contributed by atoms with Crippen LogP contribution >= 0.6 is 0 Å². The molecule has 0 aliphatic carbocycles. The van der Waals surface area contributed by atoms with Gasteiger partial charge in [-0.1, -0.05) is 18.2 Å². The van der Waals surface area contributed by atoms with Gasteiger partial charge in [0.1, 0.15) is 17.8 Å². The molecule has 0 aliphatic heterocycles. The highest BCUT2D eigenvalue weighted by molar-refractivity contribution is 5.95. The molecule has 1 aromatic carbocycles. The van der Waals surface area contributed by atoms with E-state index in [9.17, 15) is 0 Å². The summed E-state index contributed by atoms with van der Waals surface area (Å²) in [4.78, 5) is 13.8. The van der Waals surface area contributed by atoms with Crippen LogP contribution in [0.15, 0.2) is 55.0 Å². The fourth-order valence-electron chi connectivity index (χ4n) is 3.57. The predicted molar refractivity (Wildman–Crippen MR) is 107 cm³/mol. The van der Waals surface area contributed by atoms with Crippen LogP contribution in [0, 0.1) is 13.8 Å². The number of aromatic nitrogens is 6. The highest BCUT2D eigenvalue weighted by Gasteiger charge is 2.20. The van der Waals surface area contributed by atoms with Crippen LogP contribution in [0.3, 0.4) is 0 Å². The van der Waals surface area contributed by atoms with Gasteiger partial charge in [-0.15, -0.1) is 5.10 Å². The number of nitrogens with zero attached hydrogens (tertiary/aromatic N) is 6. The Morgan fingerprint density at radius 2 is 1.75 bits per heavy atom. The second-order valence-electron chi connectivity index (χ2n) is 6.58. The van der Waals surface area contributed by atoms with Crippen LogP contribution in [0.4, 0.5) is 0 Å². The maximum Gasteiger partial charge on any atom is 0.200 e. The van der Waals surface area contributed by atoms with E-state index in [-0.39, 0.29) is 0 Å². The second-order valence-corrected chi connectivity index (χ2v) is 6.58. The van der Waals surface area contributed by atoms with Crippen LogP contribution in [-0.4, -0.2) is 36.2 Å². The van der Waals surface area contributed by atoms with Gasteiger partial charge in [-0.3, -0.25) is 9.55 Å². The van der Waals surface area contributed by atoms with Crippen molar-refractivity contribution in [1.82, 2.24) is 29.1 Å². The van der Waals surface area contributed by atoms with Crippen molar-refractivity contribution >= 4 is 16.7 Å². The number of aryl methyl sites for hydroxylation is 1. The molecular weight excluding hydrogens is 352 g/mol. The van der Waals surface area contributed by atoms with E-state index in [2.05, 4.69) is 28.5 Å². The van der Waals surface area contributed by atoms with Crippen LogP contribution in [0.25, 0.3) is 33.9 Å². The molecule has 5 aromatic rings. The van der Waals surface area contributed by atoms with Gasteiger partial charge in [0.2, 0.25) is 5.82 Å². The summed E-state index contributed by atoms with van der Waals surface area (Å²) in [5, 5.41) is 5.54. The third-order valence-corrected chi connectivity index (χ3v) is 5.05. The topological polar surface area (TPSA) is 70.1 Å². The molecule has 0 spiro atoms. The van der Waals surface area contributed by atoms with Crippen molar-refractivity contribution in [1.29, 1.82) is 0 Å². The van der Waals surface area contributed by atoms with Crippen LogP contribution in [0.1, 0.15) is 11.3 Å². The van der Waals surface area contributed by atoms with Crippen molar-refractivity contribution in [2.24, 2.45) is 0 Å². The Kier molecular flexibility index (Phi) is 3.61. The molecule has 0 saturated carbocycles. The summed E-state index contributed by atoms with van der Waals surface area (Å²) in [6.07, 6.45) is 3.43. The van der Waals surface area contributed by atoms with Gasteiger partial charge in [-0.25, -0.2) is 14.5 Å². The minimum Gasteiger partial charge on any atom is -0.495 e. The lowest BCUT2D eigenvalue weighted by Crippen LogP contribution is -2.01. The molecular formula is C21H18N6O. The Labute approximate surface area is 161 Å². The van der Waals surface area contributed by atoms with Gasteiger partial charge in [-0.2, -0.15) is 0 Å². The summed E-state index contributed by atoms with van der Waals surface area (Å²) in [6.45, 7) is 4.16. The lowest BCUT2D eigenvalue weighted by Gasteiger charge is -2.12. The molecule has 138 valence electrons. The molecule has 0 N–H and O–H groups in total. The zero-order chi connectivity index (χ0) is 19.3. The molecule has 7 nitrogen and oxygen atoms in total. The Balaban J connectivity index is 1.82. The number of methoxy groups -OCH3 is 1. The highest BCUT2D eigenvalue weighted by atomic mass is 16.5. The fraction of sp³-hybridized carbons (Fsp3) is 0.143. The van der Waals surface area contributed by atoms with E-state index in [0.717, 1.165) is 45.1 Å². The maximum absolute atomic E-state index is 5.57. The third kappa shape index (κ3) is 2.29. The zero-order valence-electron chi connectivity index (χ0n) is 15.8. The number of pyridine rings is 1. The summed E-state index contributed by atoms with van der Waals surface area (Å²) >= 11 is 0. The highest BCUT2D eigenvalue weighted by Crippen LogP contribution is 2.33. The molecule has 0 unspecified atom stereocenters. The SMILES string of the molecule is COc1ccccc1-n1c(C)c(C)c2c1ncn1nc(-c3ccccn3)nc21. The van der Waals surface area contributed by atoms with Crippen molar-refractivity contribution in [2.45, 2.75) is 13.8 Å². The minimum absolute atomic E-state index is 0.581. The smallest absolute Gasteiger partial charge is 0.200 e. The van der Waals surface area contributed by atoms with E-state index >= 15 is 0 Å². The number of benzene rings is 1. The number of hydrogen-bond acceptors (Lipinski definition) is 5. The number of ether oxygens (including phenoxy) is 1. The first-order valence-corrected chi connectivity index (χ1v) is 8.97. The molecule has 7 heteroatoms. The lowest BCUT2D eigenvalue weighted by molar-refractivity contribution is 0.413. The maximum atomic E-state index is 5.57. The molecule has 0 bridgehead atoms. The average Bonchev–Trinajstić information content (AvgIpc) is 3.28. The number of para-hydroxylation sites is 2. The molecule has 0 saturated heterocycles. The molecule has 4 aromatic heterocycles. The first kappa shape index (κ1) is 16.4. The van der Waals surface area contributed by atoms with Gasteiger partial charge < -0.3 is 4.74 Å². The minimum atomic E-state index is 0.581. The Morgan fingerprint density at radius 3 is 2.54 bits per heavy atom. The molecule has 4 heterocycles. The van der Waals surface area contributed by atoms with Crippen molar-refractivity contribution in [3.8, 4) is 23.0 Å². The second kappa shape index (κ2) is 6.16. The summed E-state index contributed by atoms with van der Waals surface area (Å²) < 4.78 is 9.40. The molecule has 0 amide bonds.